The molecule has 1 N–H and O–H groups in total. The number of hydrogen-bond donors (Lipinski definition) is 1. The third kappa shape index (κ3) is 5.36. The van der Waals surface area contributed by atoms with Crippen molar-refractivity contribution in [2.24, 2.45) is 5.92 Å². The minimum absolute atomic E-state index is 0.142. The second-order valence-electron chi connectivity index (χ2n) is 6.48. The Morgan fingerprint density at radius 2 is 2.00 bits per heavy atom. The van der Waals surface area contributed by atoms with Crippen molar-refractivity contribution in [1.29, 1.82) is 0 Å². The van der Waals surface area contributed by atoms with E-state index < -0.39 is 5.97 Å². The van der Waals surface area contributed by atoms with E-state index in [0.29, 0.717) is 25.3 Å². The Labute approximate surface area is 137 Å². The summed E-state index contributed by atoms with van der Waals surface area (Å²) in [5.41, 5.74) is 1.25. The van der Waals surface area contributed by atoms with Gasteiger partial charge in [-0.25, -0.2) is 4.79 Å². The van der Waals surface area contributed by atoms with Crippen LogP contribution in [0.3, 0.4) is 0 Å². The van der Waals surface area contributed by atoms with Crippen molar-refractivity contribution in [2.75, 3.05) is 19.7 Å². The van der Waals surface area contributed by atoms with Crippen LogP contribution in [0.1, 0.15) is 42.6 Å². The summed E-state index contributed by atoms with van der Waals surface area (Å²) >= 11 is 0. The summed E-state index contributed by atoms with van der Waals surface area (Å²) in [6.45, 7) is 6.42. The highest BCUT2D eigenvalue weighted by atomic mass is 16.5. The van der Waals surface area contributed by atoms with Gasteiger partial charge in [0.05, 0.1) is 11.7 Å². The Bertz CT molecular complexity index is 538. The Balaban J connectivity index is 1.76. The van der Waals surface area contributed by atoms with Crippen molar-refractivity contribution in [3.8, 4) is 0 Å². The molecule has 1 amide bonds. The Kier molecular flexibility index (Phi) is 6.16. The van der Waals surface area contributed by atoms with Crippen molar-refractivity contribution < 1.29 is 19.4 Å². The van der Waals surface area contributed by atoms with Gasteiger partial charge in [0, 0.05) is 26.1 Å². The van der Waals surface area contributed by atoms with Crippen molar-refractivity contribution in [3.63, 3.8) is 0 Å². The number of rotatable bonds is 7. The van der Waals surface area contributed by atoms with Crippen LogP contribution in [0, 0.1) is 5.92 Å². The molecular formula is C18H25NO4. The van der Waals surface area contributed by atoms with E-state index in [1.165, 1.54) is 0 Å². The molecule has 0 saturated carbocycles. The standard InChI is InChI=1S/C18H25NO4/c1-13(2)12-23-16-9-10-19(11-16)17(20)8-5-14-3-6-15(7-4-14)18(21)22/h3-4,6-7,13,16H,5,8-12H2,1-2H3,(H,21,22)/t16-/m0/s1. The topological polar surface area (TPSA) is 66.8 Å². The molecule has 1 aliphatic heterocycles. The average Bonchev–Trinajstić information content (AvgIpc) is 3.00. The number of ether oxygens (including phenoxy) is 1. The van der Waals surface area contributed by atoms with Gasteiger partial charge < -0.3 is 14.7 Å². The zero-order chi connectivity index (χ0) is 16.8. The lowest BCUT2D eigenvalue weighted by Gasteiger charge is -2.17. The maximum Gasteiger partial charge on any atom is 0.335 e. The second-order valence-corrected chi connectivity index (χ2v) is 6.48. The summed E-state index contributed by atoms with van der Waals surface area (Å²) in [6, 6.07) is 6.70. The molecule has 1 aromatic carbocycles. The number of carbonyl (C=O) groups excluding carboxylic acids is 1. The lowest BCUT2D eigenvalue weighted by molar-refractivity contribution is -0.130. The van der Waals surface area contributed by atoms with Crippen LogP contribution >= 0.6 is 0 Å². The SMILES string of the molecule is CC(C)CO[C@H]1CCN(C(=O)CCc2ccc(C(=O)O)cc2)C1. The third-order valence-corrected chi connectivity index (χ3v) is 3.99. The molecular weight excluding hydrogens is 294 g/mol. The summed E-state index contributed by atoms with van der Waals surface area (Å²) in [6.07, 6.45) is 2.15. The monoisotopic (exact) mass is 319 g/mol. The lowest BCUT2D eigenvalue weighted by atomic mass is 10.1. The highest BCUT2D eigenvalue weighted by Crippen LogP contribution is 2.16. The first-order valence-electron chi connectivity index (χ1n) is 8.17. The molecule has 126 valence electrons. The Morgan fingerprint density at radius 1 is 1.30 bits per heavy atom. The van der Waals surface area contributed by atoms with E-state index in [-0.39, 0.29) is 17.6 Å². The van der Waals surface area contributed by atoms with E-state index in [9.17, 15) is 9.59 Å². The number of benzene rings is 1. The number of nitrogens with zero attached hydrogens (tertiary/aromatic N) is 1. The summed E-state index contributed by atoms with van der Waals surface area (Å²) in [5, 5.41) is 8.87. The zero-order valence-corrected chi connectivity index (χ0v) is 13.8. The van der Waals surface area contributed by atoms with Crippen LogP contribution < -0.4 is 0 Å². The van der Waals surface area contributed by atoms with Gasteiger partial charge in [-0.15, -0.1) is 0 Å². The second kappa shape index (κ2) is 8.11. The minimum atomic E-state index is -0.933. The number of hydrogen-bond acceptors (Lipinski definition) is 3. The molecule has 1 heterocycles. The number of likely N-dealkylation sites (tertiary alicyclic amines) is 1. The molecule has 5 heteroatoms. The Morgan fingerprint density at radius 3 is 2.61 bits per heavy atom. The van der Waals surface area contributed by atoms with E-state index in [1.54, 1.807) is 24.3 Å². The quantitative estimate of drug-likeness (QED) is 0.839. The van der Waals surface area contributed by atoms with Gasteiger partial charge in [0.1, 0.15) is 0 Å². The average molecular weight is 319 g/mol. The van der Waals surface area contributed by atoms with Gasteiger partial charge in [-0.2, -0.15) is 0 Å². The van der Waals surface area contributed by atoms with Gasteiger partial charge in [-0.05, 0) is 36.5 Å². The third-order valence-electron chi connectivity index (χ3n) is 3.99. The molecule has 1 fully saturated rings. The molecule has 5 nitrogen and oxygen atoms in total. The molecule has 0 spiro atoms. The van der Waals surface area contributed by atoms with Crippen LogP contribution in [-0.4, -0.2) is 47.7 Å². The number of aryl methyl sites for hydroxylation is 1. The number of carboxylic acid groups (broad SMARTS) is 1. The molecule has 1 atom stereocenters. The fourth-order valence-electron chi connectivity index (χ4n) is 2.64. The van der Waals surface area contributed by atoms with E-state index in [1.807, 2.05) is 4.90 Å². The summed E-state index contributed by atoms with van der Waals surface area (Å²) in [7, 11) is 0. The van der Waals surface area contributed by atoms with E-state index in [2.05, 4.69) is 13.8 Å². The molecule has 0 bridgehead atoms. The van der Waals surface area contributed by atoms with E-state index >= 15 is 0 Å². The van der Waals surface area contributed by atoms with Crippen LogP contribution in [0.2, 0.25) is 0 Å². The number of carbonyl (C=O) groups is 2. The predicted octanol–water partition coefficient (Wildman–Crippen LogP) is 2.59. The highest BCUT2D eigenvalue weighted by Gasteiger charge is 2.26. The number of amides is 1. The van der Waals surface area contributed by atoms with Gasteiger partial charge in [0.15, 0.2) is 0 Å². The molecule has 0 unspecified atom stereocenters. The van der Waals surface area contributed by atoms with Gasteiger partial charge in [-0.1, -0.05) is 26.0 Å². The fraction of sp³-hybridized carbons (Fsp3) is 0.556. The van der Waals surface area contributed by atoms with Gasteiger partial charge >= 0.3 is 5.97 Å². The van der Waals surface area contributed by atoms with Crippen LogP contribution in [0.15, 0.2) is 24.3 Å². The molecule has 0 radical (unpaired) electrons. The van der Waals surface area contributed by atoms with Crippen molar-refractivity contribution in [3.05, 3.63) is 35.4 Å². The molecule has 23 heavy (non-hydrogen) atoms. The van der Waals surface area contributed by atoms with Crippen molar-refractivity contribution in [2.45, 2.75) is 39.2 Å². The fourth-order valence-corrected chi connectivity index (χ4v) is 2.64. The first-order valence-corrected chi connectivity index (χ1v) is 8.17. The van der Waals surface area contributed by atoms with E-state index in [4.69, 9.17) is 9.84 Å². The number of carboxylic acids is 1. The van der Waals surface area contributed by atoms with Crippen LogP contribution in [-0.2, 0) is 16.0 Å². The maximum atomic E-state index is 12.3. The smallest absolute Gasteiger partial charge is 0.335 e. The summed E-state index contributed by atoms with van der Waals surface area (Å²) < 4.78 is 5.79. The highest BCUT2D eigenvalue weighted by molar-refractivity contribution is 5.87. The van der Waals surface area contributed by atoms with Crippen LogP contribution in [0.5, 0.6) is 0 Å². The first kappa shape index (κ1) is 17.5. The molecule has 0 aromatic heterocycles. The predicted molar refractivity (Wildman–Crippen MR) is 87.5 cm³/mol. The van der Waals surface area contributed by atoms with Gasteiger partial charge in [-0.3, -0.25) is 4.79 Å². The largest absolute Gasteiger partial charge is 0.478 e. The van der Waals surface area contributed by atoms with Crippen molar-refractivity contribution >= 4 is 11.9 Å². The Hall–Kier alpha value is -1.88. The van der Waals surface area contributed by atoms with E-state index in [0.717, 1.165) is 25.1 Å². The molecule has 1 aliphatic rings. The molecule has 1 saturated heterocycles. The van der Waals surface area contributed by atoms with Gasteiger partial charge in [0.25, 0.3) is 0 Å². The molecule has 1 aromatic rings. The maximum absolute atomic E-state index is 12.3. The zero-order valence-electron chi connectivity index (χ0n) is 13.8. The molecule has 0 aliphatic carbocycles. The first-order chi connectivity index (χ1) is 11.0. The van der Waals surface area contributed by atoms with Crippen LogP contribution in [0.25, 0.3) is 0 Å². The van der Waals surface area contributed by atoms with Gasteiger partial charge in [0.2, 0.25) is 5.91 Å². The normalized spacial score (nSPS) is 17.7. The molecule has 2 rings (SSSR count). The summed E-state index contributed by atoms with van der Waals surface area (Å²) in [4.78, 5) is 24.9. The summed E-state index contributed by atoms with van der Waals surface area (Å²) in [5.74, 6) is -0.284. The minimum Gasteiger partial charge on any atom is -0.478 e. The lowest BCUT2D eigenvalue weighted by Crippen LogP contribution is -2.30. The number of aromatic carboxylic acids is 1. The van der Waals surface area contributed by atoms with Crippen molar-refractivity contribution in [1.82, 2.24) is 4.90 Å². The van der Waals surface area contributed by atoms with Crippen LogP contribution in [0.4, 0.5) is 0 Å².